The van der Waals surface area contributed by atoms with Crippen molar-refractivity contribution in [2.75, 3.05) is 26.2 Å². The third-order valence-electron chi connectivity index (χ3n) is 3.89. The quantitative estimate of drug-likeness (QED) is 0.626. The van der Waals surface area contributed by atoms with Gasteiger partial charge in [-0.15, -0.1) is 0 Å². The van der Waals surface area contributed by atoms with Crippen molar-refractivity contribution in [3.8, 4) is 0 Å². The summed E-state index contributed by atoms with van der Waals surface area (Å²) in [6, 6.07) is -0.171. The molecule has 1 heterocycles. The van der Waals surface area contributed by atoms with Gasteiger partial charge in [0, 0.05) is 19.1 Å². The van der Waals surface area contributed by atoms with Crippen LogP contribution in [-0.2, 0) is 4.79 Å². The summed E-state index contributed by atoms with van der Waals surface area (Å²) in [6.45, 7) is 6.48. The molecule has 0 aromatic heterocycles. The van der Waals surface area contributed by atoms with Crippen molar-refractivity contribution in [2.45, 2.75) is 45.6 Å². The molecule has 1 aliphatic heterocycles. The lowest BCUT2D eigenvalue weighted by Gasteiger charge is -2.38. The second-order valence-corrected chi connectivity index (χ2v) is 5.55. The minimum absolute atomic E-state index is 0.234. The summed E-state index contributed by atoms with van der Waals surface area (Å²) in [6.07, 6.45) is 4.16. The number of rotatable bonds is 6. The Hall–Kier alpha value is -1.14. The maximum atomic E-state index is 11.9. The number of nitrogens with one attached hydrogen (secondary N) is 2. The van der Waals surface area contributed by atoms with E-state index in [-0.39, 0.29) is 18.5 Å². The van der Waals surface area contributed by atoms with E-state index >= 15 is 0 Å². The van der Waals surface area contributed by atoms with Crippen LogP contribution in [0.1, 0.15) is 39.5 Å². The van der Waals surface area contributed by atoms with E-state index < -0.39 is 6.03 Å². The SMILES string of the molecule is CCCCNC(=O)NC(=O)CN1CCCC(C)C1CN. The van der Waals surface area contributed by atoms with E-state index in [1.54, 1.807) is 0 Å². The van der Waals surface area contributed by atoms with Gasteiger partial charge in [-0.2, -0.15) is 0 Å². The smallest absolute Gasteiger partial charge is 0.321 e. The molecule has 0 aromatic carbocycles. The van der Waals surface area contributed by atoms with Crippen LogP contribution >= 0.6 is 0 Å². The number of amides is 3. The predicted octanol–water partition coefficient (Wildman–Crippen LogP) is 0.672. The van der Waals surface area contributed by atoms with Crippen LogP contribution in [0.5, 0.6) is 0 Å². The number of unbranched alkanes of at least 4 members (excludes halogenated alkanes) is 1. The Kier molecular flexibility index (Phi) is 7.54. The molecular formula is C14H28N4O2. The molecule has 0 aliphatic carbocycles. The normalized spacial score (nSPS) is 23.4. The maximum absolute atomic E-state index is 11.9. The Morgan fingerprint density at radius 3 is 2.80 bits per heavy atom. The first-order valence-electron chi connectivity index (χ1n) is 7.60. The first-order valence-corrected chi connectivity index (χ1v) is 7.60. The second-order valence-electron chi connectivity index (χ2n) is 5.55. The lowest BCUT2D eigenvalue weighted by molar-refractivity contribution is -0.122. The molecule has 1 rings (SSSR count). The molecule has 0 saturated carbocycles. The van der Waals surface area contributed by atoms with Crippen molar-refractivity contribution >= 4 is 11.9 Å². The van der Waals surface area contributed by atoms with Gasteiger partial charge in [-0.05, 0) is 31.7 Å². The van der Waals surface area contributed by atoms with E-state index in [1.807, 2.05) is 0 Å². The highest BCUT2D eigenvalue weighted by molar-refractivity contribution is 5.95. The fourth-order valence-corrected chi connectivity index (χ4v) is 2.69. The molecule has 0 radical (unpaired) electrons. The van der Waals surface area contributed by atoms with Gasteiger partial charge in [0.25, 0.3) is 0 Å². The van der Waals surface area contributed by atoms with Crippen molar-refractivity contribution in [3.63, 3.8) is 0 Å². The van der Waals surface area contributed by atoms with Crippen LogP contribution in [0.3, 0.4) is 0 Å². The molecule has 116 valence electrons. The first kappa shape index (κ1) is 16.9. The molecule has 20 heavy (non-hydrogen) atoms. The molecule has 6 nitrogen and oxygen atoms in total. The van der Waals surface area contributed by atoms with Gasteiger partial charge in [0.15, 0.2) is 0 Å². The summed E-state index contributed by atoms with van der Waals surface area (Å²) in [7, 11) is 0. The van der Waals surface area contributed by atoms with E-state index in [2.05, 4.69) is 29.4 Å². The number of likely N-dealkylation sites (tertiary alicyclic amines) is 1. The summed E-state index contributed by atoms with van der Waals surface area (Å²) >= 11 is 0. The molecule has 0 spiro atoms. The maximum Gasteiger partial charge on any atom is 0.321 e. The highest BCUT2D eigenvalue weighted by Gasteiger charge is 2.28. The van der Waals surface area contributed by atoms with E-state index in [9.17, 15) is 9.59 Å². The van der Waals surface area contributed by atoms with E-state index in [1.165, 1.54) is 0 Å². The lowest BCUT2D eigenvalue weighted by Crippen LogP contribution is -2.53. The molecule has 0 bridgehead atoms. The molecule has 2 unspecified atom stereocenters. The molecule has 6 heteroatoms. The topological polar surface area (TPSA) is 87.5 Å². The van der Waals surface area contributed by atoms with Gasteiger partial charge in [-0.1, -0.05) is 20.3 Å². The summed E-state index contributed by atoms with van der Waals surface area (Å²) in [5.74, 6) is 0.242. The minimum atomic E-state index is -0.405. The highest BCUT2D eigenvalue weighted by Crippen LogP contribution is 2.21. The minimum Gasteiger partial charge on any atom is -0.338 e. The fourth-order valence-electron chi connectivity index (χ4n) is 2.69. The average Bonchev–Trinajstić information content (AvgIpc) is 2.39. The van der Waals surface area contributed by atoms with Crippen LogP contribution in [-0.4, -0.2) is 49.1 Å². The zero-order valence-electron chi connectivity index (χ0n) is 12.7. The average molecular weight is 284 g/mol. The lowest BCUT2D eigenvalue weighted by atomic mass is 9.91. The van der Waals surface area contributed by atoms with Gasteiger partial charge < -0.3 is 11.1 Å². The van der Waals surface area contributed by atoms with Gasteiger partial charge in [0.1, 0.15) is 0 Å². The zero-order valence-corrected chi connectivity index (χ0v) is 12.7. The van der Waals surface area contributed by atoms with Gasteiger partial charge in [-0.3, -0.25) is 15.0 Å². The third kappa shape index (κ3) is 5.46. The predicted molar refractivity (Wildman–Crippen MR) is 79.3 cm³/mol. The van der Waals surface area contributed by atoms with Gasteiger partial charge in [0.2, 0.25) is 5.91 Å². The van der Waals surface area contributed by atoms with Gasteiger partial charge in [0.05, 0.1) is 6.54 Å². The largest absolute Gasteiger partial charge is 0.338 e. The van der Waals surface area contributed by atoms with Crippen LogP contribution in [0.2, 0.25) is 0 Å². The van der Waals surface area contributed by atoms with Crippen LogP contribution in [0.4, 0.5) is 4.79 Å². The van der Waals surface area contributed by atoms with E-state index in [4.69, 9.17) is 5.73 Å². The zero-order chi connectivity index (χ0) is 15.0. The van der Waals surface area contributed by atoms with Gasteiger partial charge in [-0.25, -0.2) is 4.79 Å². The van der Waals surface area contributed by atoms with Crippen molar-refractivity contribution in [2.24, 2.45) is 11.7 Å². The first-order chi connectivity index (χ1) is 9.58. The van der Waals surface area contributed by atoms with Gasteiger partial charge >= 0.3 is 6.03 Å². The molecule has 0 aromatic rings. The van der Waals surface area contributed by atoms with E-state index in [0.717, 1.165) is 32.2 Å². The highest BCUT2D eigenvalue weighted by atomic mass is 16.2. The number of urea groups is 1. The molecule has 3 amide bonds. The third-order valence-corrected chi connectivity index (χ3v) is 3.89. The number of piperidine rings is 1. The molecule has 1 saturated heterocycles. The van der Waals surface area contributed by atoms with Crippen LogP contribution in [0, 0.1) is 5.92 Å². The number of hydrogen-bond acceptors (Lipinski definition) is 4. The van der Waals surface area contributed by atoms with Crippen molar-refractivity contribution in [1.82, 2.24) is 15.5 Å². The Bertz CT molecular complexity index is 322. The standard InChI is InChI=1S/C14H28N4O2/c1-3-4-7-16-14(20)17-13(19)10-18-8-5-6-11(2)12(18)9-15/h11-12H,3-10,15H2,1-2H3,(H2,16,17,19,20). The van der Waals surface area contributed by atoms with Crippen LogP contribution in [0.25, 0.3) is 0 Å². The van der Waals surface area contributed by atoms with E-state index in [0.29, 0.717) is 19.0 Å². The Balaban J connectivity index is 2.35. The summed E-state index contributed by atoms with van der Waals surface area (Å²) in [5, 5.41) is 5.05. The van der Waals surface area contributed by atoms with Crippen molar-refractivity contribution in [1.29, 1.82) is 0 Å². The summed E-state index contributed by atoms with van der Waals surface area (Å²) in [5.41, 5.74) is 5.79. The number of carbonyl (C=O) groups is 2. The Morgan fingerprint density at radius 2 is 2.15 bits per heavy atom. The van der Waals surface area contributed by atoms with Crippen molar-refractivity contribution in [3.05, 3.63) is 0 Å². The molecule has 4 N–H and O–H groups in total. The fraction of sp³-hybridized carbons (Fsp3) is 0.857. The molecule has 2 atom stereocenters. The molecule has 1 aliphatic rings. The summed E-state index contributed by atoms with van der Waals surface area (Å²) in [4.78, 5) is 25.5. The van der Waals surface area contributed by atoms with Crippen LogP contribution < -0.4 is 16.4 Å². The van der Waals surface area contributed by atoms with Crippen LogP contribution in [0.15, 0.2) is 0 Å². The molecule has 1 fully saturated rings. The van der Waals surface area contributed by atoms with Crippen molar-refractivity contribution < 1.29 is 9.59 Å². The Labute approximate surface area is 121 Å². The monoisotopic (exact) mass is 284 g/mol. The molecular weight excluding hydrogens is 256 g/mol. The summed E-state index contributed by atoms with van der Waals surface area (Å²) < 4.78 is 0. The number of carbonyl (C=O) groups excluding carboxylic acids is 2. The number of imide groups is 1. The Morgan fingerprint density at radius 1 is 1.40 bits per heavy atom. The second kappa shape index (κ2) is 8.92. The number of nitrogens with two attached hydrogens (primary N) is 1. The number of nitrogens with zero attached hydrogens (tertiary/aromatic N) is 1. The number of hydrogen-bond donors (Lipinski definition) is 3.